The number of carboxylic acid groups (broad SMARTS) is 1. The number of benzene rings is 1. The zero-order valence-electron chi connectivity index (χ0n) is 16.5. The van der Waals surface area contributed by atoms with E-state index in [0.717, 1.165) is 32.5 Å². The highest BCUT2D eigenvalue weighted by Gasteiger charge is 2.45. The van der Waals surface area contributed by atoms with Crippen LogP contribution in [0.15, 0.2) is 42.7 Å². The Morgan fingerprint density at radius 2 is 1.90 bits per heavy atom. The fourth-order valence-corrected chi connectivity index (χ4v) is 3.69. The molecule has 4 rings (SSSR count). The molecule has 3 heterocycles. The van der Waals surface area contributed by atoms with Crippen molar-refractivity contribution in [1.82, 2.24) is 14.9 Å². The summed E-state index contributed by atoms with van der Waals surface area (Å²) in [6.45, 7) is 3.60. The normalized spacial score (nSPS) is 23.4. The SMILES string of the molecule is Fc1cnc(NC2COC3(CCN(Cc4ccccc4)C3)C2)nc1.O=C(O)C(F)(F)F. The van der Waals surface area contributed by atoms with Crippen molar-refractivity contribution in [2.75, 3.05) is 25.0 Å². The van der Waals surface area contributed by atoms with Gasteiger partial charge >= 0.3 is 12.1 Å². The third kappa shape index (κ3) is 6.59. The Morgan fingerprint density at radius 1 is 1.26 bits per heavy atom. The third-order valence-corrected chi connectivity index (χ3v) is 5.05. The van der Waals surface area contributed by atoms with Crippen LogP contribution in [-0.2, 0) is 16.1 Å². The van der Waals surface area contributed by atoms with Crippen LogP contribution in [0.1, 0.15) is 18.4 Å². The smallest absolute Gasteiger partial charge is 0.475 e. The van der Waals surface area contributed by atoms with Gasteiger partial charge in [0.05, 0.1) is 30.6 Å². The third-order valence-electron chi connectivity index (χ3n) is 5.05. The Morgan fingerprint density at radius 3 is 2.52 bits per heavy atom. The summed E-state index contributed by atoms with van der Waals surface area (Å²) in [6, 6.07) is 10.7. The second-order valence-electron chi connectivity index (χ2n) is 7.51. The minimum Gasteiger partial charge on any atom is -0.475 e. The van der Waals surface area contributed by atoms with E-state index in [2.05, 4.69) is 44.5 Å². The van der Waals surface area contributed by atoms with Gasteiger partial charge in [0.2, 0.25) is 5.95 Å². The highest BCUT2D eigenvalue weighted by molar-refractivity contribution is 5.73. The Labute approximate surface area is 176 Å². The molecule has 2 saturated heterocycles. The maximum atomic E-state index is 12.9. The van der Waals surface area contributed by atoms with Gasteiger partial charge in [-0.05, 0) is 12.0 Å². The van der Waals surface area contributed by atoms with E-state index >= 15 is 0 Å². The van der Waals surface area contributed by atoms with Crippen molar-refractivity contribution in [3.8, 4) is 0 Å². The summed E-state index contributed by atoms with van der Waals surface area (Å²) in [6.07, 6.45) is -0.753. The van der Waals surface area contributed by atoms with Crippen LogP contribution in [0.25, 0.3) is 0 Å². The van der Waals surface area contributed by atoms with Crippen molar-refractivity contribution in [2.45, 2.75) is 37.2 Å². The number of ether oxygens (including phenoxy) is 1. The zero-order valence-corrected chi connectivity index (χ0v) is 16.5. The molecule has 2 aliphatic rings. The number of carbonyl (C=O) groups is 1. The molecule has 2 fully saturated rings. The number of hydrogen-bond donors (Lipinski definition) is 2. The minimum absolute atomic E-state index is 0.0769. The lowest BCUT2D eigenvalue weighted by Crippen LogP contribution is -2.33. The standard InChI is InChI=1S/C18H21FN4O.C2HF3O2/c19-15-9-20-17(21-10-15)22-16-8-18(24-12-16)6-7-23(13-18)11-14-4-2-1-3-5-14;3-2(4,5)1(6)7/h1-5,9-10,16H,6-8,11-13H2,(H,20,21,22);(H,6,7). The van der Waals surface area contributed by atoms with Crippen LogP contribution < -0.4 is 5.32 Å². The molecule has 2 unspecified atom stereocenters. The molecular formula is C20H22F4N4O3. The van der Waals surface area contributed by atoms with Gasteiger partial charge in [0.15, 0.2) is 5.82 Å². The summed E-state index contributed by atoms with van der Waals surface area (Å²) in [5.41, 5.74) is 1.26. The number of aromatic nitrogens is 2. The fraction of sp³-hybridized carbons (Fsp3) is 0.450. The molecule has 2 aromatic rings. The van der Waals surface area contributed by atoms with Gasteiger partial charge in [-0.25, -0.2) is 19.2 Å². The van der Waals surface area contributed by atoms with E-state index < -0.39 is 18.0 Å². The topological polar surface area (TPSA) is 87.6 Å². The maximum absolute atomic E-state index is 12.9. The van der Waals surface area contributed by atoms with Gasteiger partial charge in [0.25, 0.3) is 0 Å². The molecule has 0 amide bonds. The number of nitrogens with one attached hydrogen (secondary N) is 1. The molecule has 0 saturated carbocycles. The number of aliphatic carboxylic acids is 1. The van der Waals surface area contributed by atoms with Crippen LogP contribution >= 0.6 is 0 Å². The molecule has 0 aliphatic carbocycles. The van der Waals surface area contributed by atoms with Crippen molar-refractivity contribution in [2.24, 2.45) is 0 Å². The molecule has 1 aromatic carbocycles. The second kappa shape index (κ2) is 9.56. The Balaban J connectivity index is 0.000000339. The molecule has 1 spiro atoms. The second-order valence-corrected chi connectivity index (χ2v) is 7.51. The number of rotatable bonds is 4. The summed E-state index contributed by atoms with van der Waals surface area (Å²) < 4.78 is 50.8. The largest absolute Gasteiger partial charge is 0.490 e. The van der Waals surface area contributed by atoms with Crippen molar-refractivity contribution >= 4 is 11.9 Å². The van der Waals surface area contributed by atoms with Crippen molar-refractivity contribution in [3.63, 3.8) is 0 Å². The summed E-state index contributed by atoms with van der Waals surface area (Å²) in [5, 5.41) is 10.4. The first-order valence-electron chi connectivity index (χ1n) is 9.60. The fourth-order valence-electron chi connectivity index (χ4n) is 3.69. The number of carboxylic acids is 1. The average Bonchev–Trinajstić information content (AvgIpc) is 3.30. The molecule has 7 nitrogen and oxygen atoms in total. The Hall–Kier alpha value is -2.79. The molecule has 0 bridgehead atoms. The molecule has 11 heteroatoms. The number of halogens is 4. The lowest BCUT2D eigenvalue weighted by molar-refractivity contribution is -0.192. The van der Waals surface area contributed by atoms with E-state index in [9.17, 15) is 17.6 Å². The lowest BCUT2D eigenvalue weighted by Gasteiger charge is -2.23. The van der Waals surface area contributed by atoms with Crippen LogP contribution in [0.2, 0.25) is 0 Å². The van der Waals surface area contributed by atoms with E-state index in [0.29, 0.717) is 12.6 Å². The predicted octanol–water partition coefficient (Wildman–Crippen LogP) is 3.09. The van der Waals surface area contributed by atoms with Crippen LogP contribution in [-0.4, -0.2) is 63.5 Å². The van der Waals surface area contributed by atoms with Gasteiger partial charge in [-0.15, -0.1) is 0 Å². The monoisotopic (exact) mass is 442 g/mol. The highest BCUT2D eigenvalue weighted by Crippen LogP contribution is 2.36. The van der Waals surface area contributed by atoms with Gasteiger partial charge in [-0.1, -0.05) is 30.3 Å². The van der Waals surface area contributed by atoms with Gasteiger partial charge < -0.3 is 15.2 Å². The molecule has 168 valence electrons. The maximum Gasteiger partial charge on any atom is 0.490 e. The zero-order chi connectivity index (χ0) is 22.5. The molecule has 0 radical (unpaired) electrons. The number of anilines is 1. The molecule has 2 aliphatic heterocycles. The van der Waals surface area contributed by atoms with E-state index in [4.69, 9.17) is 14.6 Å². The quantitative estimate of drug-likeness (QED) is 0.704. The van der Waals surface area contributed by atoms with E-state index in [-0.39, 0.29) is 11.6 Å². The lowest BCUT2D eigenvalue weighted by atomic mass is 9.97. The first-order chi connectivity index (χ1) is 14.7. The van der Waals surface area contributed by atoms with E-state index in [1.165, 1.54) is 18.0 Å². The molecule has 1 aromatic heterocycles. The molecule has 2 atom stereocenters. The van der Waals surface area contributed by atoms with Crippen LogP contribution in [0.4, 0.5) is 23.5 Å². The Bertz CT molecular complexity index is 867. The van der Waals surface area contributed by atoms with E-state index in [1.54, 1.807) is 0 Å². The molecule has 31 heavy (non-hydrogen) atoms. The minimum atomic E-state index is -5.08. The molecule has 2 N–H and O–H groups in total. The van der Waals surface area contributed by atoms with Crippen LogP contribution in [0.3, 0.4) is 0 Å². The van der Waals surface area contributed by atoms with Crippen LogP contribution in [0, 0.1) is 5.82 Å². The average molecular weight is 442 g/mol. The highest BCUT2D eigenvalue weighted by atomic mass is 19.4. The van der Waals surface area contributed by atoms with Gasteiger partial charge in [-0.3, -0.25) is 4.90 Å². The molecular weight excluding hydrogens is 420 g/mol. The van der Waals surface area contributed by atoms with Crippen molar-refractivity contribution < 1.29 is 32.2 Å². The summed E-state index contributed by atoms with van der Waals surface area (Å²) >= 11 is 0. The summed E-state index contributed by atoms with van der Waals surface area (Å²) in [7, 11) is 0. The number of likely N-dealkylation sites (tertiary alicyclic amines) is 1. The van der Waals surface area contributed by atoms with Gasteiger partial charge in [-0.2, -0.15) is 13.2 Å². The number of nitrogens with zero attached hydrogens (tertiary/aromatic N) is 3. The number of alkyl halides is 3. The van der Waals surface area contributed by atoms with Crippen LogP contribution in [0.5, 0.6) is 0 Å². The number of hydrogen-bond acceptors (Lipinski definition) is 6. The summed E-state index contributed by atoms with van der Waals surface area (Å²) in [5.74, 6) is -2.72. The van der Waals surface area contributed by atoms with E-state index in [1.807, 2.05) is 6.07 Å². The van der Waals surface area contributed by atoms with Gasteiger partial charge in [0.1, 0.15) is 0 Å². The summed E-state index contributed by atoms with van der Waals surface area (Å²) in [4.78, 5) is 19.3. The van der Waals surface area contributed by atoms with Crippen molar-refractivity contribution in [1.29, 1.82) is 0 Å². The van der Waals surface area contributed by atoms with Gasteiger partial charge in [0, 0.05) is 26.1 Å². The van der Waals surface area contributed by atoms with Crippen molar-refractivity contribution in [3.05, 3.63) is 54.1 Å². The predicted molar refractivity (Wildman–Crippen MR) is 103 cm³/mol. The first kappa shape index (κ1) is 22.9. The Kier molecular flexibility index (Phi) is 7.06. The first-order valence-corrected chi connectivity index (χ1v) is 9.60.